The van der Waals surface area contributed by atoms with Crippen LogP contribution in [-0.2, 0) is 0 Å². The van der Waals surface area contributed by atoms with E-state index in [0.29, 0.717) is 6.42 Å². The maximum Gasteiger partial charge on any atom is 0.0980 e. The van der Waals surface area contributed by atoms with Crippen LogP contribution in [0, 0.1) is 0 Å². The van der Waals surface area contributed by atoms with Crippen molar-refractivity contribution in [2.45, 2.75) is 30.4 Å². The summed E-state index contributed by atoms with van der Waals surface area (Å²) in [6.07, 6.45) is 0.296. The monoisotopic (exact) mass is 332 g/mol. The van der Waals surface area contributed by atoms with Crippen molar-refractivity contribution in [3.05, 3.63) is 30.3 Å². The number of aliphatic hydroxyl groups is 1. The smallest absolute Gasteiger partial charge is 0.0980 e. The van der Waals surface area contributed by atoms with Gasteiger partial charge in [0.25, 0.3) is 0 Å². The number of benzene rings is 1. The number of nitrogens with zero attached hydrogens (tertiary/aromatic N) is 2. The predicted octanol–water partition coefficient (Wildman–Crippen LogP) is 2.82. The summed E-state index contributed by atoms with van der Waals surface area (Å²) in [5, 5.41) is 10.1. The first-order valence-electron chi connectivity index (χ1n) is 6.19. The van der Waals surface area contributed by atoms with Gasteiger partial charge in [-0.05, 0) is 30.3 Å². The van der Waals surface area contributed by atoms with Crippen LogP contribution in [0.2, 0.25) is 0 Å². The number of alkyl halides is 1. The second-order valence-corrected chi connectivity index (χ2v) is 6.01. The van der Waals surface area contributed by atoms with Crippen LogP contribution in [0.3, 0.4) is 0 Å². The predicted molar refractivity (Wildman–Crippen MR) is 79.1 cm³/mol. The Kier molecular flexibility index (Phi) is 4.90. The molecule has 1 saturated heterocycles. The summed E-state index contributed by atoms with van der Waals surface area (Å²) in [6, 6.07) is 10.2. The number of hydrogen-bond donors (Lipinski definition) is 1. The fourth-order valence-electron chi connectivity index (χ4n) is 2.25. The zero-order valence-corrected chi connectivity index (χ0v) is 12.7. The van der Waals surface area contributed by atoms with E-state index in [1.165, 1.54) is 5.69 Å². The molecule has 1 fully saturated rings. The van der Waals surface area contributed by atoms with Crippen LogP contribution in [0.4, 0.5) is 5.69 Å². The standard InChI is InChI=1S/C13H18BrClN2O/c1-2-12(18)11-8-16(9-13(14)17(11)15)10-6-4-3-5-7-10/h3-7,11-13,18H,2,8-9H2,1H3. The van der Waals surface area contributed by atoms with Crippen molar-refractivity contribution in [2.24, 2.45) is 0 Å². The van der Waals surface area contributed by atoms with Crippen molar-refractivity contribution in [1.82, 2.24) is 4.42 Å². The molecule has 0 aromatic heterocycles. The number of halogens is 2. The molecule has 3 nitrogen and oxygen atoms in total. The maximum atomic E-state index is 10.1. The van der Waals surface area contributed by atoms with Gasteiger partial charge in [0.15, 0.2) is 0 Å². The van der Waals surface area contributed by atoms with E-state index in [9.17, 15) is 5.11 Å². The lowest BCUT2D eigenvalue weighted by molar-refractivity contribution is 0.0780. The Balaban J connectivity index is 2.15. The summed E-state index contributed by atoms with van der Waals surface area (Å²) in [5.74, 6) is 0. The highest BCUT2D eigenvalue weighted by Gasteiger charge is 2.35. The third-order valence-corrected chi connectivity index (χ3v) is 4.80. The van der Waals surface area contributed by atoms with E-state index >= 15 is 0 Å². The normalized spacial score (nSPS) is 27.2. The van der Waals surface area contributed by atoms with E-state index in [0.717, 1.165) is 13.1 Å². The Morgan fingerprint density at radius 3 is 2.67 bits per heavy atom. The highest BCUT2D eigenvalue weighted by molar-refractivity contribution is 9.09. The summed E-state index contributed by atoms with van der Waals surface area (Å²) < 4.78 is 1.70. The van der Waals surface area contributed by atoms with Gasteiger partial charge < -0.3 is 10.0 Å². The molecule has 0 saturated carbocycles. The average Bonchev–Trinajstić information content (AvgIpc) is 2.41. The van der Waals surface area contributed by atoms with Crippen LogP contribution >= 0.6 is 27.7 Å². The fourth-order valence-corrected chi connectivity index (χ4v) is 3.16. The van der Waals surface area contributed by atoms with Gasteiger partial charge in [0.2, 0.25) is 0 Å². The molecule has 0 radical (unpaired) electrons. The summed E-state index contributed by atoms with van der Waals surface area (Å²) in [6.45, 7) is 3.52. The molecule has 1 aromatic rings. The number of aliphatic hydroxyl groups excluding tert-OH is 1. The first-order valence-corrected chi connectivity index (χ1v) is 7.45. The second kappa shape index (κ2) is 6.24. The minimum Gasteiger partial charge on any atom is -0.391 e. The van der Waals surface area contributed by atoms with Gasteiger partial charge in [0, 0.05) is 18.8 Å². The number of anilines is 1. The number of para-hydroxylation sites is 1. The topological polar surface area (TPSA) is 26.7 Å². The van der Waals surface area contributed by atoms with Crippen LogP contribution in [0.5, 0.6) is 0 Å². The van der Waals surface area contributed by atoms with E-state index < -0.39 is 6.10 Å². The summed E-state index contributed by atoms with van der Waals surface area (Å²) in [7, 11) is 0. The van der Waals surface area contributed by atoms with Crippen molar-refractivity contribution >= 4 is 33.4 Å². The van der Waals surface area contributed by atoms with Gasteiger partial charge in [-0.3, -0.25) is 0 Å². The molecule has 1 heterocycles. The van der Waals surface area contributed by atoms with Gasteiger partial charge >= 0.3 is 0 Å². The molecule has 5 heteroatoms. The Bertz CT molecular complexity index is 379. The molecule has 3 unspecified atom stereocenters. The van der Waals surface area contributed by atoms with E-state index in [4.69, 9.17) is 11.8 Å². The molecule has 1 aromatic carbocycles. The summed E-state index contributed by atoms with van der Waals surface area (Å²) in [4.78, 5) is 2.29. The fraction of sp³-hybridized carbons (Fsp3) is 0.538. The van der Waals surface area contributed by atoms with E-state index in [1.807, 2.05) is 25.1 Å². The van der Waals surface area contributed by atoms with Gasteiger partial charge in [-0.1, -0.05) is 41.1 Å². The highest BCUT2D eigenvalue weighted by Crippen LogP contribution is 2.28. The van der Waals surface area contributed by atoms with Crippen LogP contribution in [0.25, 0.3) is 0 Å². The van der Waals surface area contributed by atoms with Crippen LogP contribution < -0.4 is 4.90 Å². The maximum absolute atomic E-state index is 10.1. The van der Waals surface area contributed by atoms with Gasteiger partial charge in [-0.15, -0.1) is 0 Å². The zero-order chi connectivity index (χ0) is 13.1. The molecule has 0 bridgehead atoms. The van der Waals surface area contributed by atoms with Gasteiger partial charge in [-0.2, -0.15) is 4.42 Å². The Morgan fingerprint density at radius 1 is 1.39 bits per heavy atom. The molecule has 100 valence electrons. The van der Waals surface area contributed by atoms with Crippen molar-refractivity contribution in [3.63, 3.8) is 0 Å². The lowest BCUT2D eigenvalue weighted by Crippen LogP contribution is -2.57. The van der Waals surface area contributed by atoms with Gasteiger partial charge in [-0.25, -0.2) is 0 Å². The van der Waals surface area contributed by atoms with Crippen molar-refractivity contribution in [1.29, 1.82) is 0 Å². The zero-order valence-electron chi connectivity index (χ0n) is 10.3. The quantitative estimate of drug-likeness (QED) is 0.523. The third kappa shape index (κ3) is 2.99. The van der Waals surface area contributed by atoms with Crippen molar-refractivity contribution < 1.29 is 5.11 Å². The van der Waals surface area contributed by atoms with Crippen LogP contribution in [0.1, 0.15) is 13.3 Å². The van der Waals surface area contributed by atoms with Gasteiger partial charge in [0.05, 0.1) is 17.1 Å². The summed E-state index contributed by atoms with van der Waals surface area (Å²) in [5.41, 5.74) is 1.17. The number of piperazine rings is 1. The molecule has 18 heavy (non-hydrogen) atoms. The molecule has 3 atom stereocenters. The average molecular weight is 334 g/mol. The SMILES string of the molecule is CCC(O)C1CN(c2ccccc2)CC(Br)N1Cl. The van der Waals surface area contributed by atoms with Crippen LogP contribution in [0.15, 0.2) is 30.3 Å². The lowest BCUT2D eigenvalue weighted by atomic mass is 10.1. The third-order valence-electron chi connectivity index (χ3n) is 3.35. The Morgan fingerprint density at radius 2 is 2.06 bits per heavy atom. The van der Waals surface area contributed by atoms with E-state index in [2.05, 4.69) is 33.0 Å². The molecular weight excluding hydrogens is 316 g/mol. The molecule has 1 aliphatic rings. The van der Waals surface area contributed by atoms with E-state index in [1.54, 1.807) is 4.42 Å². The van der Waals surface area contributed by atoms with E-state index in [-0.39, 0.29) is 11.0 Å². The molecule has 1 N–H and O–H groups in total. The molecule has 2 rings (SSSR count). The Labute approximate surface area is 122 Å². The van der Waals surface area contributed by atoms with Crippen molar-refractivity contribution in [3.8, 4) is 0 Å². The highest BCUT2D eigenvalue weighted by atomic mass is 79.9. The first kappa shape index (κ1) is 14.1. The minimum atomic E-state index is -0.408. The first-order chi connectivity index (χ1) is 8.63. The minimum absolute atomic E-state index is 0.0410. The molecule has 0 spiro atoms. The molecule has 0 amide bonds. The summed E-state index contributed by atoms with van der Waals surface area (Å²) >= 11 is 9.83. The molecular formula is C13H18BrClN2O. The number of rotatable bonds is 3. The lowest BCUT2D eigenvalue weighted by Gasteiger charge is -2.43. The second-order valence-electron chi connectivity index (χ2n) is 4.56. The van der Waals surface area contributed by atoms with Crippen molar-refractivity contribution in [2.75, 3.05) is 18.0 Å². The number of hydrogen-bond acceptors (Lipinski definition) is 3. The van der Waals surface area contributed by atoms with Crippen LogP contribution in [-0.4, -0.2) is 39.7 Å². The largest absolute Gasteiger partial charge is 0.391 e. The van der Waals surface area contributed by atoms with Gasteiger partial charge in [0.1, 0.15) is 0 Å². The molecule has 0 aliphatic carbocycles. The molecule has 1 aliphatic heterocycles. The Hall–Kier alpha value is -0.290.